The lowest BCUT2D eigenvalue weighted by Gasteiger charge is -2.35. The fraction of sp³-hybridized carbons (Fsp3) is 0.938. The quantitative estimate of drug-likeness (QED) is 0.521. The van der Waals surface area contributed by atoms with Crippen molar-refractivity contribution in [1.29, 1.82) is 0 Å². The molecule has 0 saturated heterocycles. The van der Waals surface area contributed by atoms with E-state index in [2.05, 4.69) is 41.2 Å². The molecule has 2 aliphatic rings. The molecule has 4 nitrogen and oxygen atoms in total. The van der Waals surface area contributed by atoms with E-state index < -0.39 is 5.60 Å². The molecule has 3 N–H and O–H groups in total. The highest BCUT2D eigenvalue weighted by atomic mass is 32.2. The summed E-state index contributed by atoms with van der Waals surface area (Å²) in [6, 6.07) is 0.525. The number of hydrogen-bond donors (Lipinski definition) is 3. The van der Waals surface area contributed by atoms with Crippen LogP contribution in [0.4, 0.5) is 0 Å². The molecule has 0 amide bonds. The molecule has 122 valence electrons. The molecule has 0 aromatic carbocycles. The molecule has 2 fully saturated rings. The number of rotatable bonds is 6. The van der Waals surface area contributed by atoms with E-state index in [1.165, 1.54) is 31.4 Å². The van der Waals surface area contributed by atoms with Crippen LogP contribution in [0.5, 0.6) is 0 Å². The first-order valence-electron chi connectivity index (χ1n) is 8.54. The number of thioether (sulfide) groups is 1. The lowest BCUT2D eigenvalue weighted by Crippen LogP contribution is -2.47. The number of nitrogens with zero attached hydrogens (tertiary/aromatic N) is 1. The highest BCUT2D eigenvalue weighted by molar-refractivity contribution is 7.99. The summed E-state index contributed by atoms with van der Waals surface area (Å²) in [6.45, 7) is 5.73. The SMILES string of the molecule is CCNC(=NCC1(O)CCC1)NC1CCCC(SCC)C1. The molecule has 0 aromatic heterocycles. The van der Waals surface area contributed by atoms with Crippen molar-refractivity contribution in [2.45, 2.75) is 75.7 Å². The van der Waals surface area contributed by atoms with Gasteiger partial charge in [-0.3, -0.25) is 4.99 Å². The predicted molar refractivity (Wildman–Crippen MR) is 92.1 cm³/mol. The second-order valence-corrected chi connectivity index (χ2v) is 7.94. The number of guanidine groups is 1. The highest BCUT2D eigenvalue weighted by Crippen LogP contribution is 2.31. The van der Waals surface area contributed by atoms with Crippen molar-refractivity contribution in [3.05, 3.63) is 0 Å². The molecule has 5 heteroatoms. The Morgan fingerprint density at radius 3 is 2.71 bits per heavy atom. The van der Waals surface area contributed by atoms with E-state index >= 15 is 0 Å². The summed E-state index contributed by atoms with van der Waals surface area (Å²) >= 11 is 2.09. The largest absolute Gasteiger partial charge is 0.388 e. The molecule has 2 rings (SSSR count). The van der Waals surface area contributed by atoms with Gasteiger partial charge < -0.3 is 15.7 Å². The van der Waals surface area contributed by atoms with Crippen molar-refractivity contribution in [1.82, 2.24) is 10.6 Å². The third-order valence-corrected chi connectivity index (χ3v) is 5.76. The summed E-state index contributed by atoms with van der Waals surface area (Å²) in [5.41, 5.74) is -0.532. The molecular formula is C16H31N3OS. The molecule has 0 aromatic rings. The topological polar surface area (TPSA) is 56.7 Å². The smallest absolute Gasteiger partial charge is 0.191 e. The predicted octanol–water partition coefficient (Wildman–Crippen LogP) is 2.52. The summed E-state index contributed by atoms with van der Waals surface area (Å²) in [7, 11) is 0. The molecule has 0 heterocycles. The van der Waals surface area contributed by atoms with Gasteiger partial charge in [0, 0.05) is 17.8 Å². The van der Waals surface area contributed by atoms with Crippen LogP contribution in [0.2, 0.25) is 0 Å². The minimum absolute atomic E-state index is 0.525. The van der Waals surface area contributed by atoms with Crippen molar-refractivity contribution in [2.75, 3.05) is 18.8 Å². The first kappa shape index (κ1) is 16.9. The van der Waals surface area contributed by atoms with Crippen molar-refractivity contribution in [3.63, 3.8) is 0 Å². The number of nitrogens with one attached hydrogen (secondary N) is 2. The molecule has 2 aliphatic carbocycles. The minimum Gasteiger partial charge on any atom is -0.388 e. The monoisotopic (exact) mass is 313 g/mol. The summed E-state index contributed by atoms with van der Waals surface area (Å²) in [5.74, 6) is 2.09. The van der Waals surface area contributed by atoms with Crippen molar-refractivity contribution in [2.24, 2.45) is 4.99 Å². The van der Waals surface area contributed by atoms with Gasteiger partial charge >= 0.3 is 0 Å². The normalized spacial score (nSPS) is 28.8. The summed E-state index contributed by atoms with van der Waals surface area (Å²) < 4.78 is 0. The van der Waals surface area contributed by atoms with Crippen LogP contribution < -0.4 is 10.6 Å². The van der Waals surface area contributed by atoms with Gasteiger partial charge in [0.25, 0.3) is 0 Å². The van der Waals surface area contributed by atoms with Crippen molar-refractivity contribution >= 4 is 17.7 Å². The lowest BCUT2D eigenvalue weighted by atomic mass is 9.80. The summed E-state index contributed by atoms with van der Waals surface area (Å²) in [6.07, 6.45) is 8.04. The first-order chi connectivity index (χ1) is 10.1. The van der Waals surface area contributed by atoms with Crippen LogP contribution >= 0.6 is 11.8 Å². The summed E-state index contributed by atoms with van der Waals surface area (Å²) in [5, 5.41) is 17.9. The van der Waals surface area contributed by atoms with E-state index in [0.717, 1.165) is 37.0 Å². The van der Waals surface area contributed by atoms with Gasteiger partial charge in [0.1, 0.15) is 0 Å². The number of aliphatic hydroxyl groups is 1. The Morgan fingerprint density at radius 2 is 2.10 bits per heavy atom. The number of aliphatic imine (C=N–C) groups is 1. The maximum absolute atomic E-state index is 10.2. The second kappa shape index (κ2) is 8.28. The van der Waals surface area contributed by atoms with Crippen molar-refractivity contribution < 1.29 is 5.11 Å². The van der Waals surface area contributed by atoms with Gasteiger partial charge in [-0.2, -0.15) is 11.8 Å². The zero-order valence-electron chi connectivity index (χ0n) is 13.5. The molecule has 0 spiro atoms. The minimum atomic E-state index is -0.532. The fourth-order valence-electron chi connectivity index (χ4n) is 3.15. The van der Waals surface area contributed by atoms with Gasteiger partial charge in [0.2, 0.25) is 0 Å². The van der Waals surface area contributed by atoms with E-state index in [0.29, 0.717) is 12.6 Å². The molecule has 0 bridgehead atoms. The average Bonchev–Trinajstić information content (AvgIpc) is 2.44. The molecule has 0 aliphatic heterocycles. The lowest BCUT2D eigenvalue weighted by molar-refractivity contribution is -0.0236. The maximum Gasteiger partial charge on any atom is 0.191 e. The zero-order chi connectivity index (χ0) is 15.1. The molecule has 2 atom stereocenters. The van der Waals surface area contributed by atoms with E-state index in [4.69, 9.17) is 0 Å². The van der Waals surface area contributed by atoms with Gasteiger partial charge in [-0.05, 0) is 51.2 Å². The zero-order valence-corrected chi connectivity index (χ0v) is 14.3. The molecule has 21 heavy (non-hydrogen) atoms. The Kier molecular flexibility index (Phi) is 6.68. The van der Waals surface area contributed by atoms with Gasteiger partial charge in [-0.1, -0.05) is 13.3 Å². The second-order valence-electron chi connectivity index (χ2n) is 6.36. The average molecular weight is 314 g/mol. The Hall–Kier alpha value is -0.420. The molecule has 0 radical (unpaired) electrons. The standard InChI is InChI=1S/C16H31N3OS/c1-3-17-15(18-12-16(20)9-6-10-16)19-13-7-5-8-14(11-13)21-4-2/h13-14,20H,3-12H2,1-2H3,(H2,17,18,19). The van der Waals surface area contributed by atoms with Crippen LogP contribution in [0.1, 0.15) is 58.8 Å². The third kappa shape index (κ3) is 5.37. The Labute approximate surface area is 133 Å². The van der Waals surface area contributed by atoms with Crippen LogP contribution in [0.3, 0.4) is 0 Å². The maximum atomic E-state index is 10.2. The van der Waals surface area contributed by atoms with Gasteiger partial charge in [-0.25, -0.2) is 0 Å². The van der Waals surface area contributed by atoms with Crippen LogP contribution in [0.25, 0.3) is 0 Å². The van der Waals surface area contributed by atoms with Crippen molar-refractivity contribution in [3.8, 4) is 0 Å². The third-order valence-electron chi connectivity index (χ3n) is 4.53. The highest BCUT2D eigenvalue weighted by Gasteiger charge is 2.34. The molecular weight excluding hydrogens is 282 g/mol. The van der Waals surface area contributed by atoms with E-state index in [9.17, 15) is 5.11 Å². The van der Waals surface area contributed by atoms with E-state index in [1.54, 1.807) is 0 Å². The first-order valence-corrected chi connectivity index (χ1v) is 9.59. The van der Waals surface area contributed by atoms with Crippen LogP contribution in [-0.4, -0.2) is 46.8 Å². The van der Waals surface area contributed by atoms with Crippen LogP contribution in [0.15, 0.2) is 4.99 Å². The molecule has 2 unspecified atom stereocenters. The van der Waals surface area contributed by atoms with Gasteiger partial charge in [-0.15, -0.1) is 0 Å². The van der Waals surface area contributed by atoms with Crippen LogP contribution in [0, 0.1) is 0 Å². The van der Waals surface area contributed by atoms with E-state index in [1.807, 2.05) is 0 Å². The molecule has 2 saturated carbocycles. The Morgan fingerprint density at radius 1 is 1.29 bits per heavy atom. The Bertz CT molecular complexity index is 342. The fourth-order valence-corrected chi connectivity index (χ4v) is 4.32. The number of hydrogen-bond acceptors (Lipinski definition) is 3. The Balaban J connectivity index is 1.84. The van der Waals surface area contributed by atoms with Gasteiger partial charge in [0.15, 0.2) is 5.96 Å². The van der Waals surface area contributed by atoms with Crippen LogP contribution in [-0.2, 0) is 0 Å². The summed E-state index contributed by atoms with van der Waals surface area (Å²) in [4.78, 5) is 4.61. The van der Waals surface area contributed by atoms with E-state index in [-0.39, 0.29) is 0 Å². The van der Waals surface area contributed by atoms with Gasteiger partial charge in [0.05, 0.1) is 12.1 Å².